The molecule has 0 fully saturated rings. The van der Waals surface area contributed by atoms with E-state index in [1.54, 1.807) is 6.07 Å². The Hall–Kier alpha value is -1.49. The van der Waals surface area contributed by atoms with E-state index in [0.717, 1.165) is 0 Å². The van der Waals surface area contributed by atoms with Gasteiger partial charge in [0.05, 0.1) is 17.4 Å². The number of ketones is 1. The summed E-state index contributed by atoms with van der Waals surface area (Å²) in [5, 5.41) is 0. The maximum Gasteiger partial charge on any atom is 0.200 e. The zero-order chi connectivity index (χ0) is 9.97. The van der Waals surface area contributed by atoms with Crippen LogP contribution in [0, 0.1) is 0 Å². The summed E-state index contributed by atoms with van der Waals surface area (Å²) in [6.07, 6.45) is 5.76. The van der Waals surface area contributed by atoms with Crippen LogP contribution in [-0.2, 0) is 0 Å². The first kappa shape index (κ1) is 9.08. The zero-order valence-electron chi connectivity index (χ0n) is 6.98. The van der Waals surface area contributed by atoms with Crippen molar-refractivity contribution in [3.05, 3.63) is 46.8 Å². The highest BCUT2D eigenvalue weighted by Gasteiger charge is 2.14. The third kappa shape index (κ3) is 1.58. The second-order valence-electron chi connectivity index (χ2n) is 2.56. The highest BCUT2D eigenvalue weighted by atomic mass is 79.9. The number of hydrogen-bond acceptors (Lipinski definition) is 4. The second-order valence-corrected chi connectivity index (χ2v) is 3.28. The van der Waals surface area contributed by atoms with E-state index in [2.05, 4.69) is 25.9 Å². The topological polar surface area (TPSA) is 56.0 Å². The Morgan fingerprint density at radius 2 is 2.07 bits per heavy atom. The van der Waals surface area contributed by atoms with Crippen LogP contribution in [0.15, 0.2) is 40.1 Å². The van der Waals surface area contributed by atoms with Gasteiger partial charge in [0, 0.05) is 12.4 Å². The van der Waals surface area contributed by atoms with Gasteiger partial charge in [0.15, 0.2) is 4.67 Å². The SMILES string of the molecule is O=C(c1cncnc1)c1ccoc1Br. The van der Waals surface area contributed by atoms with Crippen molar-refractivity contribution in [3.63, 3.8) is 0 Å². The Morgan fingerprint density at radius 1 is 1.36 bits per heavy atom. The lowest BCUT2D eigenvalue weighted by atomic mass is 10.1. The summed E-state index contributed by atoms with van der Waals surface area (Å²) in [5.74, 6) is -0.161. The van der Waals surface area contributed by atoms with Crippen LogP contribution in [0.3, 0.4) is 0 Å². The number of nitrogens with zero attached hydrogens (tertiary/aromatic N) is 2. The number of furan rings is 1. The zero-order valence-corrected chi connectivity index (χ0v) is 8.56. The molecule has 0 N–H and O–H groups in total. The summed E-state index contributed by atoms with van der Waals surface area (Å²) in [7, 11) is 0. The summed E-state index contributed by atoms with van der Waals surface area (Å²) in [6.45, 7) is 0. The molecule has 2 aromatic heterocycles. The fourth-order valence-electron chi connectivity index (χ4n) is 1.03. The van der Waals surface area contributed by atoms with E-state index in [4.69, 9.17) is 4.42 Å². The number of halogens is 1. The molecule has 0 aliphatic carbocycles. The van der Waals surface area contributed by atoms with Crippen molar-refractivity contribution in [1.82, 2.24) is 9.97 Å². The van der Waals surface area contributed by atoms with Gasteiger partial charge in [0.25, 0.3) is 0 Å². The molecule has 2 heterocycles. The lowest BCUT2D eigenvalue weighted by molar-refractivity contribution is 0.103. The minimum atomic E-state index is -0.161. The third-order valence-corrected chi connectivity index (χ3v) is 2.30. The van der Waals surface area contributed by atoms with Crippen molar-refractivity contribution < 1.29 is 9.21 Å². The van der Waals surface area contributed by atoms with E-state index in [1.165, 1.54) is 25.0 Å². The third-order valence-electron chi connectivity index (χ3n) is 1.69. The molecule has 14 heavy (non-hydrogen) atoms. The molecule has 2 aromatic rings. The van der Waals surface area contributed by atoms with Gasteiger partial charge in [-0.1, -0.05) is 0 Å². The lowest BCUT2D eigenvalue weighted by Crippen LogP contribution is -2.01. The predicted octanol–water partition coefficient (Wildman–Crippen LogP) is 2.06. The van der Waals surface area contributed by atoms with Crippen molar-refractivity contribution in [2.75, 3.05) is 0 Å². The van der Waals surface area contributed by atoms with Gasteiger partial charge in [-0.05, 0) is 22.0 Å². The van der Waals surface area contributed by atoms with Gasteiger partial charge in [0.1, 0.15) is 6.33 Å². The van der Waals surface area contributed by atoms with Crippen LogP contribution in [0.5, 0.6) is 0 Å². The molecule has 5 heteroatoms. The standard InChI is InChI=1S/C9H5BrN2O2/c10-9-7(1-2-14-9)8(13)6-3-11-5-12-4-6/h1-5H. The Balaban J connectivity index is 2.39. The average Bonchev–Trinajstić information content (AvgIpc) is 2.65. The van der Waals surface area contributed by atoms with Crippen LogP contribution < -0.4 is 0 Å². The molecule has 0 amide bonds. The number of hydrogen-bond donors (Lipinski definition) is 0. The molecule has 4 nitrogen and oxygen atoms in total. The summed E-state index contributed by atoms with van der Waals surface area (Å²) < 4.78 is 5.38. The Labute approximate surface area is 88.1 Å². The average molecular weight is 253 g/mol. The molecule has 2 rings (SSSR count). The van der Waals surface area contributed by atoms with Gasteiger partial charge in [-0.15, -0.1) is 0 Å². The largest absolute Gasteiger partial charge is 0.457 e. The Morgan fingerprint density at radius 3 is 2.64 bits per heavy atom. The van der Waals surface area contributed by atoms with Crippen LogP contribution >= 0.6 is 15.9 Å². The fourth-order valence-corrected chi connectivity index (χ4v) is 1.45. The molecule has 0 atom stereocenters. The molecular weight excluding hydrogens is 248 g/mol. The minimum absolute atomic E-state index is 0.161. The number of aromatic nitrogens is 2. The normalized spacial score (nSPS) is 10.1. The van der Waals surface area contributed by atoms with E-state index in [1.807, 2.05) is 0 Å². The Bertz CT molecular complexity index is 453. The molecule has 70 valence electrons. The van der Waals surface area contributed by atoms with E-state index >= 15 is 0 Å². The van der Waals surface area contributed by atoms with E-state index in [0.29, 0.717) is 15.8 Å². The maximum absolute atomic E-state index is 11.8. The maximum atomic E-state index is 11.8. The molecule has 0 bridgehead atoms. The first-order valence-electron chi connectivity index (χ1n) is 3.82. The van der Waals surface area contributed by atoms with E-state index < -0.39 is 0 Å². The van der Waals surface area contributed by atoms with Crippen molar-refractivity contribution >= 4 is 21.7 Å². The molecule has 0 aliphatic heterocycles. The van der Waals surface area contributed by atoms with Crippen LogP contribution in [0.4, 0.5) is 0 Å². The van der Waals surface area contributed by atoms with Crippen LogP contribution in [0.1, 0.15) is 15.9 Å². The Kier molecular flexibility index (Phi) is 2.41. The van der Waals surface area contributed by atoms with Crippen LogP contribution in [-0.4, -0.2) is 15.8 Å². The lowest BCUT2D eigenvalue weighted by Gasteiger charge is -1.95. The van der Waals surface area contributed by atoms with Gasteiger partial charge in [-0.3, -0.25) is 4.79 Å². The van der Waals surface area contributed by atoms with Crippen molar-refractivity contribution in [1.29, 1.82) is 0 Å². The van der Waals surface area contributed by atoms with Gasteiger partial charge in [-0.2, -0.15) is 0 Å². The molecular formula is C9H5BrN2O2. The second kappa shape index (κ2) is 3.71. The van der Waals surface area contributed by atoms with E-state index in [-0.39, 0.29) is 5.78 Å². The molecule has 0 aliphatic rings. The van der Waals surface area contributed by atoms with Crippen LogP contribution in [0.2, 0.25) is 0 Å². The summed E-state index contributed by atoms with van der Waals surface area (Å²) in [4.78, 5) is 19.3. The number of rotatable bonds is 2. The monoisotopic (exact) mass is 252 g/mol. The highest BCUT2D eigenvalue weighted by Crippen LogP contribution is 2.20. The summed E-state index contributed by atoms with van der Waals surface area (Å²) in [6, 6.07) is 1.60. The molecule has 0 saturated heterocycles. The molecule has 0 unspecified atom stereocenters. The number of carbonyl (C=O) groups excluding carboxylic acids is 1. The number of carbonyl (C=O) groups is 1. The van der Waals surface area contributed by atoms with Gasteiger partial charge >= 0.3 is 0 Å². The summed E-state index contributed by atoms with van der Waals surface area (Å²) in [5.41, 5.74) is 0.911. The quantitative estimate of drug-likeness (QED) is 0.768. The summed E-state index contributed by atoms with van der Waals surface area (Å²) >= 11 is 3.14. The van der Waals surface area contributed by atoms with Gasteiger partial charge in [0.2, 0.25) is 5.78 Å². The van der Waals surface area contributed by atoms with Crippen LogP contribution in [0.25, 0.3) is 0 Å². The van der Waals surface area contributed by atoms with Crippen molar-refractivity contribution in [2.24, 2.45) is 0 Å². The van der Waals surface area contributed by atoms with Gasteiger partial charge < -0.3 is 4.42 Å². The molecule has 0 aromatic carbocycles. The predicted molar refractivity (Wildman–Crippen MR) is 51.9 cm³/mol. The fraction of sp³-hybridized carbons (Fsp3) is 0. The van der Waals surface area contributed by atoms with Gasteiger partial charge in [-0.25, -0.2) is 9.97 Å². The first-order chi connectivity index (χ1) is 6.79. The van der Waals surface area contributed by atoms with Crippen molar-refractivity contribution in [3.8, 4) is 0 Å². The van der Waals surface area contributed by atoms with E-state index in [9.17, 15) is 4.79 Å². The highest BCUT2D eigenvalue weighted by molar-refractivity contribution is 9.10. The molecule has 0 spiro atoms. The van der Waals surface area contributed by atoms with Crippen molar-refractivity contribution in [2.45, 2.75) is 0 Å². The molecule has 0 radical (unpaired) electrons. The smallest absolute Gasteiger partial charge is 0.200 e. The minimum Gasteiger partial charge on any atom is -0.457 e. The first-order valence-corrected chi connectivity index (χ1v) is 4.61. The molecule has 0 saturated carbocycles.